The summed E-state index contributed by atoms with van der Waals surface area (Å²) in [5.74, 6) is -0.974. The predicted molar refractivity (Wildman–Crippen MR) is 90.7 cm³/mol. The molecule has 0 aromatic carbocycles. The van der Waals surface area contributed by atoms with Crippen molar-refractivity contribution >= 4 is 15.4 Å². The van der Waals surface area contributed by atoms with Crippen LogP contribution in [0.1, 0.15) is 60.3 Å². The first-order valence-corrected chi connectivity index (χ1v) is 11.4. The zero-order chi connectivity index (χ0) is 17.8. The van der Waals surface area contributed by atoms with Gasteiger partial charge < -0.3 is 9.05 Å². The summed E-state index contributed by atoms with van der Waals surface area (Å²) >= 11 is 0. The molecule has 23 heavy (non-hydrogen) atoms. The molecule has 0 saturated heterocycles. The van der Waals surface area contributed by atoms with Gasteiger partial charge in [0.2, 0.25) is 0 Å². The number of unbranched alkanes of at least 4 members (excludes halogenated alkanes) is 2. The maximum Gasteiger partial charge on any atom is 0.475 e. The fraction of sp³-hybridized carbons (Fsp3) is 1.00. The zero-order valence-corrected chi connectivity index (χ0v) is 16.8. The van der Waals surface area contributed by atoms with Crippen molar-refractivity contribution < 1.29 is 31.7 Å². The van der Waals surface area contributed by atoms with Crippen LogP contribution in [-0.4, -0.2) is 32.3 Å². The molecule has 9 heteroatoms. The van der Waals surface area contributed by atoms with Crippen molar-refractivity contribution in [3.63, 3.8) is 0 Å². The predicted octanol–water partition coefficient (Wildman–Crippen LogP) is 5.36. The summed E-state index contributed by atoms with van der Waals surface area (Å²) in [6.07, 6.45) is 3.08. The summed E-state index contributed by atoms with van der Waals surface area (Å²) in [6, 6.07) is 0. The lowest BCUT2D eigenvalue weighted by atomic mass is 10.2. The highest BCUT2D eigenvalue weighted by Crippen LogP contribution is 2.62. The molecule has 1 atom stereocenters. The topological polar surface area (TPSA) is 80.3 Å². The first-order valence-electron chi connectivity index (χ1n) is 8.37. The monoisotopic (exact) mass is 374 g/mol. The van der Waals surface area contributed by atoms with Gasteiger partial charge in [-0.2, -0.15) is 0 Å². The Hall–Kier alpha value is 0.260. The van der Waals surface area contributed by atoms with Gasteiger partial charge in [-0.3, -0.25) is 18.1 Å². The molecule has 0 radical (unpaired) electrons. The highest BCUT2D eigenvalue weighted by atomic mass is 31.2. The van der Waals surface area contributed by atoms with E-state index in [0.717, 1.165) is 19.3 Å². The summed E-state index contributed by atoms with van der Waals surface area (Å²) in [6.45, 7) is 9.61. The lowest BCUT2D eigenvalue weighted by Crippen LogP contribution is -2.18. The van der Waals surface area contributed by atoms with E-state index in [-0.39, 0.29) is 26.4 Å². The van der Waals surface area contributed by atoms with E-state index in [1.165, 1.54) is 0 Å². The molecular weight excluding hydrogens is 342 g/mol. The fourth-order valence-corrected chi connectivity index (χ4v) is 5.63. The van der Waals surface area contributed by atoms with Crippen molar-refractivity contribution in [2.75, 3.05) is 26.4 Å². The van der Waals surface area contributed by atoms with Crippen molar-refractivity contribution in [3.05, 3.63) is 0 Å². The van der Waals surface area contributed by atoms with Crippen LogP contribution in [0.15, 0.2) is 0 Å². The maximum absolute atomic E-state index is 13.0. The molecule has 7 nitrogen and oxygen atoms in total. The van der Waals surface area contributed by atoms with Gasteiger partial charge in [0, 0.05) is 0 Å². The van der Waals surface area contributed by atoms with Gasteiger partial charge in [0.25, 0.3) is 0 Å². The van der Waals surface area contributed by atoms with E-state index < -0.39 is 21.3 Å². The first kappa shape index (κ1) is 23.3. The summed E-state index contributed by atoms with van der Waals surface area (Å²) in [5.41, 5.74) is 0. The molecule has 0 aromatic rings. The van der Waals surface area contributed by atoms with Crippen LogP contribution in [0.25, 0.3) is 0 Å². The molecule has 0 rings (SSSR count). The SMILES string of the molecule is CCCCCC(OP(=O)(OCC)OCC)P(=O)(OCC)OCC. The molecule has 0 spiro atoms. The highest BCUT2D eigenvalue weighted by Gasteiger charge is 2.42. The van der Waals surface area contributed by atoms with Crippen LogP contribution in [0.5, 0.6) is 0 Å². The number of hydrogen-bond acceptors (Lipinski definition) is 7. The second-order valence-corrected chi connectivity index (χ2v) is 8.51. The first-order chi connectivity index (χ1) is 10.9. The maximum atomic E-state index is 13.0. The van der Waals surface area contributed by atoms with Crippen LogP contribution in [0, 0.1) is 0 Å². The standard InChI is InChI=1S/C14H32O7P2/c1-6-11-12-13-14(22(15,17-7-2)18-8-3)21-23(16,19-9-4)20-10-5/h14H,6-13H2,1-5H3. The van der Waals surface area contributed by atoms with Gasteiger partial charge in [-0.15, -0.1) is 0 Å². The van der Waals surface area contributed by atoms with Crippen LogP contribution in [-0.2, 0) is 31.7 Å². The van der Waals surface area contributed by atoms with Crippen molar-refractivity contribution in [2.45, 2.75) is 66.1 Å². The third-order valence-electron chi connectivity index (χ3n) is 2.85. The van der Waals surface area contributed by atoms with Crippen LogP contribution < -0.4 is 0 Å². The van der Waals surface area contributed by atoms with E-state index in [1.807, 2.05) is 0 Å². The van der Waals surface area contributed by atoms with E-state index in [1.54, 1.807) is 27.7 Å². The number of phosphoric acid groups is 1. The molecule has 0 aliphatic rings. The minimum absolute atomic E-state index is 0.159. The Balaban J connectivity index is 5.30. The molecular formula is C14H32O7P2. The molecule has 140 valence electrons. The van der Waals surface area contributed by atoms with Crippen LogP contribution in [0.4, 0.5) is 0 Å². The second kappa shape index (κ2) is 12.6. The molecule has 1 unspecified atom stereocenters. The van der Waals surface area contributed by atoms with E-state index in [9.17, 15) is 9.13 Å². The van der Waals surface area contributed by atoms with Crippen molar-refractivity contribution in [1.29, 1.82) is 0 Å². The van der Waals surface area contributed by atoms with Crippen LogP contribution in [0.3, 0.4) is 0 Å². The van der Waals surface area contributed by atoms with Crippen molar-refractivity contribution in [1.82, 2.24) is 0 Å². The number of hydrogen-bond donors (Lipinski definition) is 0. The van der Waals surface area contributed by atoms with E-state index in [0.29, 0.717) is 6.42 Å². The van der Waals surface area contributed by atoms with Crippen LogP contribution >= 0.6 is 15.4 Å². The van der Waals surface area contributed by atoms with E-state index in [4.69, 9.17) is 22.6 Å². The van der Waals surface area contributed by atoms with Gasteiger partial charge in [0.15, 0.2) is 5.85 Å². The number of rotatable bonds is 15. The molecule has 0 heterocycles. The fourth-order valence-electron chi connectivity index (χ4n) is 1.96. The summed E-state index contributed by atoms with van der Waals surface area (Å²) < 4.78 is 52.1. The second-order valence-electron chi connectivity index (χ2n) is 4.71. The minimum Gasteiger partial charge on any atom is -0.307 e. The molecule has 0 aromatic heterocycles. The van der Waals surface area contributed by atoms with Gasteiger partial charge >= 0.3 is 15.4 Å². The number of phosphoric ester groups is 1. The average molecular weight is 374 g/mol. The van der Waals surface area contributed by atoms with E-state index >= 15 is 0 Å². The van der Waals surface area contributed by atoms with Gasteiger partial charge in [-0.1, -0.05) is 26.2 Å². The van der Waals surface area contributed by atoms with Gasteiger partial charge in [0.05, 0.1) is 26.4 Å². The quantitative estimate of drug-likeness (QED) is 0.282. The summed E-state index contributed by atoms with van der Waals surface area (Å²) in [5, 5.41) is 0. The molecule has 0 aliphatic carbocycles. The molecule has 0 saturated carbocycles. The minimum atomic E-state index is -3.80. The Labute approximate surface area is 140 Å². The van der Waals surface area contributed by atoms with Gasteiger partial charge in [-0.25, -0.2) is 4.57 Å². The Morgan fingerprint density at radius 1 is 0.739 bits per heavy atom. The third-order valence-corrected chi connectivity index (χ3v) is 6.98. The average Bonchev–Trinajstić information content (AvgIpc) is 2.47. The van der Waals surface area contributed by atoms with Gasteiger partial charge in [0.1, 0.15) is 0 Å². The molecule has 0 bridgehead atoms. The zero-order valence-electron chi connectivity index (χ0n) is 15.0. The summed E-state index contributed by atoms with van der Waals surface area (Å²) in [4.78, 5) is 0. The smallest absolute Gasteiger partial charge is 0.307 e. The normalized spacial score (nSPS) is 14.1. The van der Waals surface area contributed by atoms with Crippen molar-refractivity contribution in [2.24, 2.45) is 0 Å². The molecule has 0 N–H and O–H groups in total. The summed E-state index contributed by atoms with van der Waals surface area (Å²) in [7, 11) is -7.37. The third kappa shape index (κ3) is 8.78. The Morgan fingerprint density at radius 3 is 1.61 bits per heavy atom. The Morgan fingerprint density at radius 2 is 1.22 bits per heavy atom. The van der Waals surface area contributed by atoms with Crippen molar-refractivity contribution in [3.8, 4) is 0 Å². The lowest BCUT2D eigenvalue weighted by molar-refractivity contribution is 0.0853. The van der Waals surface area contributed by atoms with E-state index in [2.05, 4.69) is 6.92 Å². The lowest BCUT2D eigenvalue weighted by Gasteiger charge is -2.28. The van der Waals surface area contributed by atoms with Crippen LogP contribution in [0.2, 0.25) is 0 Å². The molecule has 0 aliphatic heterocycles. The highest BCUT2D eigenvalue weighted by molar-refractivity contribution is 7.55. The van der Waals surface area contributed by atoms with Gasteiger partial charge in [-0.05, 0) is 34.1 Å². The Bertz CT molecular complexity index is 369. The largest absolute Gasteiger partial charge is 0.475 e. The molecule has 0 amide bonds. The molecule has 0 fully saturated rings. The Kier molecular flexibility index (Phi) is 12.7.